The SMILES string of the molecule is Cc1cccc(C)c1-c1cc2c3c(c1)-n1c4ccc(C(C)(C)C)cc4c4cc(C(C)(C)C)cc(c41)B3N(c1ccc(-c3ccccc3)cc1)c1cc3ccccc3cc1-2. The minimum Gasteiger partial charge on any atom is -0.376 e. The van der Waals surface area contributed by atoms with Crippen molar-refractivity contribution < 1.29 is 0 Å². The van der Waals surface area contributed by atoms with Crippen LogP contribution in [0.2, 0.25) is 0 Å². The van der Waals surface area contributed by atoms with Crippen molar-refractivity contribution in [2.24, 2.45) is 0 Å². The molecule has 0 N–H and O–H groups in total. The van der Waals surface area contributed by atoms with Crippen LogP contribution < -0.4 is 15.7 Å². The summed E-state index contributed by atoms with van der Waals surface area (Å²) in [5.74, 6) is 0. The van der Waals surface area contributed by atoms with Crippen molar-refractivity contribution in [3.05, 3.63) is 174 Å². The number of nitrogens with zero attached hydrogens (tertiary/aromatic N) is 2. The van der Waals surface area contributed by atoms with Crippen LogP contribution in [0.1, 0.15) is 63.8 Å². The Morgan fingerprint density at radius 2 is 1.12 bits per heavy atom. The Hall–Kier alpha value is -6.32. The Morgan fingerprint density at radius 1 is 0.475 bits per heavy atom. The van der Waals surface area contributed by atoms with E-state index in [1.54, 1.807) is 0 Å². The summed E-state index contributed by atoms with van der Waals surface area (Å²) >= 11 is 0. The van der Waals surface area contributed by atoms with E-state index in [0.29, 0.717) is 0 Å². The second-order valence-electron chi connectivity index (χ2n) is 19.2. The zero-order chi connectivity index (χ0) is 40.5. The first-order valence-corrected chi connectivity index (χ1v) is 21.2. The maximum Gasteiger partial charge on any atom is 0.333 e. The van der Waals surface area contributed by atoms with E-state index in [1.807, 2.05) is 0 Å². The molecule has 0 saturated carbocycles. The van der Waals surface area contributed by atoms with Crippen molar-refractivity contribution in [2.45, 2.75) is 66.2 Å². The van der Waals surface area contributed by atoms with Crippen molar-refractivity contribution >= 4 is 61.7 Å². The van der Waals surface area contributed by atoms with E-state index in [0.717, 1.165) is 0 Å². The monoisotopic (exact) mass is 760 g/mol. The lowest BCUT2D eigenvalue weighted by Crippen LogP contribution is -2.60. The molecule has 0 spiro atoms. The third-order valence-electron chi connectivity index (χ3n) is 13.3. The Bertz CT molecular complexity index is 3170. The van der Waals surface area contributed by atoms with E-state index in [9.17, 15) is 0 Å². The summed E-state index contributed by atoms with van der Waals surface area (Å²) < 4.78 is 2.63. The minimum absolute atomic E-state index is 0.0195. The fraction of sp³-hybridized carbons (Fsp3) is 0.179. The average Bonchev–Trinajstić information content (AvgIpc) is 3.56. The fourth-order valence-corrected chi connectivity index (χ4v) is 10.2. The molecule has 9 aromatic rings. The topological polar surface area (TPSA) is 8.17 Å². The van der Waals surface area contributed by atoms with Gasteiger partial charge in [-0.15, -0.1) is 0 Å². The molecule has 2 aliphatic rings. The van der Waals surface area contributed by atoms with Gasteiger partial charge in [-0.2, -0.15) is 0 Å². The quantitative estimate of drug-likeness (QED) is 0.163. The van der Waals surface area contributed by atoms with Crippen LogP contribution in [0.4, 0.5) is 11.4 Å². The van der Waals surface area contributed by atoms with Crippen molar-refractivity contribution in [3.63, 3.8) is 0 Å². The van der Waals surface area contributed by atoms with Crippen LogP contribution in [0, 0.1) is 13.8 Å². The summed E-state index contributed by atoms with van der Waals surface area (Å²) in [4.78, 5) is 2.67. The van der Waals surface area contributed by atoms with Crippen LogP contribution >= 0.6 is 0 Å². The maximum absolute atomic E-state index is 2.67. The third-order valence-corrected chi connectivity index (χ3v) is 13.3. The van der Waals surface area contributed by atoms with Gasteiger partial charge in [0.15, 0.2) is 0 Å². The van der Waals surface area contributed by atoms with E-state index < -0.39 is 0 Å². The molecule has 0 radical (unpaired) electrons. The van der Waals surface area contributed by atoms with Gasteiger partial charge in [0.25, 0.3) is 0 Å². The van der Waals surface area contributed by atoms with E-state index in [2.05, 4.69) is 216 Å². The van der Waals surface area contributed by atoms with Crippen molar-refractivity contribution in [3.8, 4) is 39.1 Å². The minimum atomic E-state index is -0.0630. The van der Waals surface area contributed by atoms with Gasteiger partial charge < -0.3 is 9.38 Å². The van der Waals surface area contributed by atoms with Crippen LogP contribution in [0.15, 0.2) is 152 Å². The number of fused-ring (bicyclic) bond motifs is 8. The number of rotatable bonds is 3. The predicted octanol–water partition coefficient (Wildman–Crippen LogP) is 13.7. The average molecular weight is 761 g/mol. The summed E-state index contributed by atoms with van der Waals surface area (Å²) in [6.45, 7) is 18.5. The maximum atomic E-state index is 2.67. The van der Waals surface area contributed by atoms with Gasteiger partial charge in [-0.1, -0.05) is 139 Å². The summed E-state index contributed by atoms with van der Waals surface area (Å²) in [5.41, 5.74) is 21.9. The molecule has 3 heterocycles. The van der Waals surface area contributed by atoms with Crippen LogP contribution in [-0.2, 0) is 10.8 Å². The van der Waals surface area contributed by atoms with E-state index in [-0.39, 0.29) is 17.7 Å². The van der Waals surface area contributed by atoms with E-state index in [1.165, 1.54) is 116 Å². The molecule has 0 bridgehead atoms. The molecule has 0 amide bonds. The first kappa shape index (κ1) is 35.8. The van der Waals surface area contributed by atoms with Crippen molar-refractivity contribution in [1.29, 1.82) is 0 Å². The van der Waals surface area contributed by atoms with Gasteiger partial charge in [-0.25, -0.2) is 0 Å². The Labute approximate surface area is 348 Å². The molecular weight excluding hydrogens is 711 g/mol. The molecule has 0 aliphatic carbocycles. The highest BCUT2D eigenvalue weighted by Crippen LogP contribution is 2.48. The first-order valence-electron chi connectivity index (χ1n) is 21.2. The third kappa shape index (κ3) is 5.40. The summed E-state index contributed by atoms with van der Waals surface area (Å²) in [7, 11) is 0. The second kappa shape index (κ2) is 12.6. The molecule has 11 rings (SSSR count). The molecule has 0 unspecified atom stereocenters. The smallest absolute Gasteiger partial charge is 0.333 e. The number of benzene rings is 8. The molecule has 0 fully saturated rings. The summed E-state index contributed by atoms with van der Waals surface area (Å²) in [6.07, 6.45) is 0. The number of hydrogen-bond acceptors (Lipinski definition) is 1. The molecule has 1 aromatic heterocycles. The fourth-order valence-electron chi connectivity index (χ4n) is 10.2. The lowest BCUT2D eigenvalue weighted by Gasteiger charge is -2.43. The molecule has 59 heavy (non-hydrogen) atoms. The van der Waals surface area contributed by atoms with Gasteiger partial charge in [0.05, 0.1) is 11.0 Å². The van der Waals surface area contributed by atoms with Crippen molar-refractivity contribution in [2.75, 3.05) is 4.81 Å². The molecule has 2 nitrogen and oxygen atoms in total. The number of hydrogen-bond donors (Lipinski definition) is 0. The molecular formula is C56H49BN2. The number of aryl methyl sites for hydroxylation is 2. The van der Waals surface area contributed by atoms with Gasteiger partial charge in [0.2, 0.25) is 0 Å². The van der Waals surface area contributed by atoms with Gasteiger partial charge in [-0.3, -0.25) is 0 Å². The van der Waals surface area contributed by atoms with Gasteiger partial charge in [0, 0.05) is 33.4 Å². The summed E-state index contributed by atoms with van der Waals surface area (Å²) in [6, 6.07) is 57.9. The highest BCUT2D eigenvalue weighted by atomic mass is 15.1. The highest BCUT2D eigenvalue weighted by molar-refractivity contribution is 6.93. The predicted molar refractivity (Wildman–Crippen MR) is 255 cm³/mol. The van der Waals surface area contributed by atoms with E-state index in [4.69, 9.17) is 0 Å². The van der Waals surface area contributed by atoms with E-state index >= 15 is 0 Å². The zero-order valence-electron chi connectivity index (χ0n) is 35.4. The van der Waals surface area contributed by atoms with Gasteiger partial charge in [0.1, 0.15) is 0 Å². The molecule has 8 aromatic carbocycles. The molecule has 2 aliphatic heterocycles. The highest BCUT2D eigenvalue weighted by Gasteiger charge is 2.45. The lowest BCUT2D eigenvalue weighted by molar-refractivity contribution is 0.590. The zero-order valence-corrected chi connectivity index (χ0v) is 35.4. The summed E-state index contributed by atoms with van der Waals surface area (Å²) in [5, 5.41) is 5.17. The second-order valence-corrected chi connectivity index (χ2v) is 19.2. The standard InChI is InChI=1S/C56H49BN2/c1-34-15-14-16-35(2)52(34)40-28-46-44-27-38-19-12-13-20-39(38)29-50(44)59(43-24-21-37(22-25-43)36-17-10-9-11-18-36)57-48-33-42(56(6,7)8)32-47-45-31-41(55(3,4)5)23-26-49(45)58(54(47)48)51(30-40)53(46)57/h9-33H,1-8H3. The molecule has 286 valence electrons. The Kier molecular flexibility index (Phi) is 7.64. The molecule has 0 saturated heterocycles. The van der Waals surface area contributed by atoms with Crippen LogP contribution in [0.25, 0.3) is 71.6 Å². The normalized spacial score (nSPS) is 13.4. The van der Waals surface area contributed by atoms with Gasteiger partial charge >= 0.3 is 6.85 Å². The number of anilines is 2. The Balaban J connectivity index is 1.31. The largest absolute Gasteiger partial charge is 0.376 e. The number of aromatic nitrogens is 1. The van der Waals surface area contributed by atoms with Crippen molar-refractivity contribution in [1.82, 2.24) is 4.57 Å². The van der Waals surface area contributed by atoms with Crippen LogP contribution in [0.3, 0.4) is 0 Å². The Morgan fingerprint density at radius 3 is 1.81 bits per heavy atom. The first-order chi connectivity index (χ1) is 28.3. The van der Waals surface area contributed by atoms with Crippen LogP contribution in [-0.4, -0.2) is 11.4 Å². The molecule has 0 atom stereocenters. The molecule has 3 heteroatoms. The lowest BCUT2D eigenvalue weighted by atomic mass is 9.43. The van der Waals surface area contributed by atoms with Crippen LogP contribution in [0.5, 0.6) is 0 Å². The van der Waals surface area contributed by atoms with Gasteiger partial charge in [-0.05, 0) is 151 Å².